The molecule has 0 aliphatic heterocycles. The normalized spacial score (nSPS) is 11.3. The molecular weight excluding hydrogens is 671 g/mol. The first-order chi connectivity index (χ1) is 26.8. The van der Waals surface area contributed by atoms with Crippen molar-refractivity contribution in [1.29, 1.82) is 0 Å². The maximum Gasteiger partial charge on any atom is 0.0540 e. The topological polar surface area (TPSA) is 3.24 Å². The van der Waals surface area contributed by atoms with Crippen LogP contribution in [0.1, 0.15) is 0 Å². The highest BCUT2D eigenvalue weighted by molar-refractivity contribution is 7.25. The van der Waals surface area contributed by atoms with Gasteiger partial charge >= 0.3 is 0 Å². The van der Waals surface area contributed by atoms with E-state index in [1.807, 2.05) is 11.3 Å². The predicted molar refractivity (Wildman–Crippen MR) is 233 cm³/mol. The maximum absolute atomic E-state index is 2.47. The maximum atomic E-state index is 2.47. The Morgan fingerprint density at radius 2 is 0.815 bits per heavy atom. The highest BCUT2D eigenvalue weighted by Gasteiger charge is 2.22. The van der Waals surface area contributed by atoms with Crippen molar-refractivity contribution in [3.63, 3.8) is 0 Å². The quantitative estimate of drug-likeness (QED) is 0.160. The van der Waals surface area contributed by atoms with Crippen molar-refractivity contribution in [2.24, 2.45) is 0 Å². The predicted octanol–water partition coefficient (Wildman–Crippen LogP) is 15.3. The number of anilines is 3. The lowest BCUT2D eigenvalue weighted by molar-refractivity contribution is 1.28. The van der Waals surface area contributed by atoms with Crippen molar-refractivity contribution >= 4 is 59.3 Å². The van der Waals surface area contributed by atoms with E-state index in [1.54, 1.807) is 0 Å². The van der Waals surface area contributed by atoms with Gasteiger partial charge in [-0.3, -0.25) is 0 Å². The van der Waals surface area contributed by atoms with Gasteiger partial charge in [-0.25, -0.2) is 0 Å². The average molecular weight is 706 g/mol. The van der Waals surface area contributed by atoms with Gasteiger partial charge in [-0.1, -0.05) is 176 Å². The fourth-order valence-corrected chi connectivity index (χ4v) is 9.22. The molecule has 0 fully saturated rings. The van der Waals surface area contributed by atoms with Gasteiger partial charge in [-0.05, 0) is 80.6 Å². The van der Waals surface area contributed by atoms with Crippen molar-refractivity contribution in [2.75, 3.05) is 4.90 Å². The molecule has 0 saturated carbocycles. The van der Waals surface area contributed by atoms with E-state index in [9.17, 15) is 0 Å². The fourth-order valence-electron chi connectivity index (χ4n) is 8.09. The summed E-state index contributed by atoms with van der Waals surface area (Å²) in [4.78, 5) is 2.47. The third-order valence-electron chi connectivity index (χ3n) is 10.5. The summed E-state index contributed by atoms with van der Waals surface area (Å²) in [5.74, 6) is 0. The lowest BCUT2D eigenvalue weighted by Crippen LogP contribution is -2.12. The molecule has 0 atom stereocenters. The number of rotatable bonds is 7. The Morgan fingerprint density at radius 3 is 1.57 bits per heavy atom. The Kier molecular flexibility index (Phi) is 8.09. The number of nitrogens with zero attached hydrogens (tertiary/aromatic N) is 1. The molecule has 0 amide bonds. The molecule has 0 unspecified atom stereocenters. The van der Waals surface area contributed by atoms with Crippen LogP contribution in [0.25, 0.3) is 75.5 Å². The Bertz CT molecular complexity index is 2940. The number of thiophene rings is 1. The first-order valence-corrected chi connectivity index (χ1v) is 19.3. The van der Waals surface area contributed by atoms with E-state index in [1.165, 1.54) is 75.5 Å². The van der Waals surface area contributed by atoms with Gasteiger partial charge in [0, 0.05) is 37.0 Å². The van der Waals surface area contributed by atoms with Gasteiger partial charge in [0.2, 0.25) is 0 Å². The Hall–Kier alpha value is -6.74. The van der Waals surface area contributed by atoms with Crippen LogP contribution in [0.2, 0.25) is 0 Å². The van der Waals surface area contributed by atoms with Crippen LogP contribution in [0.3, 0.4) is 0 Å². The Labute approximate surface area is 319 Å². The molecule has 0 spiro atoms. The van der Waals surface area contributed by atoms with Crippen LogP contribution in [0.15, 0.2) is 212 Å². The van der Waals surface area contributed by atoms with Crippen LogP contribution < -0.4 is 4.90 Å². The third-order valence-corrected chi connectivity index (χ3v) is 11.6. The van der Waals surface area contributed by atoms with E-state index in [-0.39, 0.29) is 0 Å². The first-order valence-electron chi connectivity index (χ1n) is 18.4. The minimum atomic E-state index is 1.10. The lowest BCUT2D eigenvalue weighted by Gasteiger charge is -2.30. The zero-order valence-corrected chi connectivity index (χ0v) is 30.4. The molecule has 1 nitrogen and oxygen atoms in total. The molecule has 2 heteroatoms. The lowest BCUT2D eigenvalue weighted by atomic mass is 9.90. The average Bonchev–Trinajstić information content (AvgIpc) is 3.64. The van der Waals surface area contributed by atoms with Gasteiger partial charge < -0.3 is 4.90 Å². The van der Waals surface area contributed by atoms with Crippen LogP contribution in [-0.4, -0.2) is 0 Å². The van der Waals surface area contributed by atoms with Crippen LogP contribution in [0.5, 0.6) is 0 Å². The largest absolute Gasteiger partial charge is 0.309 e. The summed E-state index contributed by atoms with van der Waals surface area (Å²) in [6.45, 7) is 0. The molecule has 0 aliphatic rings. The summed E-state index contributed by atoms with van der Waals surface area (Å²) in [5, 5.41) is 5.09. The minimum absolute atomic E-state index is 1.10. The standard InChI is InChI=1S/C52H35NS/c1-3-17-36(18-4-1)41-25-7-10-31-47(41)53(40-24-13-23-39(35-40)43-29-16-34-50-52(43)46-27-9-12-33-49(46)54-50)48-32-11-8-26-44(48)45-30-15-22-38-21-14-28-42(51(38)45)37-19-5-2-6-20-37/h1-35H. The van der Waals surface area contributed by atoms with Crippen molar-refractivity contribution in [3.05, 3.63) is 212 Å². The van der Waals surface area contributed by atoms with Crippen LogP contribution in [0, 0.1) is 0 Å². The van der Waals surface area contributed by atoms with Crippen LogP contribution in [-0.2, 0) is 0 Å². The molecule has 54 heavy (non-hydrogen) atoms. The fraction of sp³-hybridized carbons (Fsp3) is 0. The highest BCUT2D eigenvalue weighted by Crippen LogP contribution is 2.48. The monoisotopic (exact) mass is 705 g/mol. The number of hydrogen-bond donors (Lipinski definition) is 0. The zero-order chi connectivity index (χ0) is 35.8. The molecule has 254 valence electrons. The van der Waals surface area contributed by atoms with E-state index in [4.69, 9.17) is 0 Å². The summed E-state index contributed by atoms with van der Waals surface area (Å²) in [7, 11) is 0. The third kappa shape index (κ3) is 5.56. The smallest absolute Gasteiger partial charge is 0.0540 e. The molecule has 10 rings (SSSR count). The Morgan fingerprint density at radius 1 is 0.315 bits per heavy atom. The van der Waals surface area contributed by atoms with Crippen LogP contribution >= 0.6 is 11.3 Å². The van der Waals surface area contributed by atoms with Gasteiger partial charge in [0.1, 0.15) is 0 Å². The van der Waals surface area contributed by atoms with E-state index in [0.29, 0.717) is 0 Å². The SMILES string of the molecule is c1ccc(-c2ccccc2N(c2cccc(-c3cccc4sc5ccccc5c34)c2)c2ccccc2-c2cccc3cccc(-c4ccccc4)c23)cc1. The molecule has 10 aromatic rings. The van der Waals surface area contributed by atoms with Gasteiger partial charge in [-0.2, -0.15) is 0 Å². The second kappa shape index (κ2) is 13.7. The summed E-state index contributed by atoms with van der Waals surface area (Å²) in [6, 6.07) is 77.2. The highest BCUT2D eigenvalue weighted by atomic mass is 32.1. The molecule has 1 aromatic heterocycles. The summed E-state index contributed by atoms with van der Waals surface area (Å²) < 4.78 is 2.62. The number of benzene rings is 9. The molecular formula is C52H35NS. The van der Waals surface area contributed by atoms with Gasteiger partial charge in [0.05, 0.1) is 11.4 Å². The molecule has 0 radical (unpaired) electrons. The van der Waals surface area contributed by atoms with E-state index >= 15 is 0 Å². The Balaban J connectivity index is 1.24. The first kappa shape index (κ1) is 32.0. The molecule has 0 saturated heterocycles. The second-order valence-corrected chi connectivity index (χ2v) is 14.7. The number of fused-ring (bicyclic) bond motifs is 4. The summed E-state index contributed by atoms with van der Waals surface area (Å²) in [6.07, 6.45) is 0. The second-order valence-electron chi connectivity index (χ2n) is 13.6. The number of para-hydroxylation sites is 2. The molecule has 0 bridgehead atoms. The van der Waals surface area contributed by atoms with E-state index in [2.05, 4.69) is 217 Å². The zero-order valence-electron chi connectivity index (χ0n) is 29.6. The van der Waals surface area contributed by atoms with Crippen LogP contribution in [0.4, 0.5) is 17.1 Å². The van der Waals surface area contributed by atoms with E-state index < -0.39 is 0 Å². The van der Waals surface area contributed by atoms with Gasteiger partial charge in [-0.15, -0.1) is 11.3 Å². The minimum Gasteiger partial charge on any atom is -0.309 e. The van der Waals surface area contributed by atoms with Gasteiger partial charge in [0.15, 0.2) is 0 Å². The molecule has 0 N–H and O–H groups in total. The summed E-state index contributed by atoms with van der Waals surface area (Å²) in [5.41, 5.74) is 12.9. The molecule has 0 aliphatic carbocycles. The van der Waals surface area contributed by atoms with Crippen molar-refractivity contribution in [1.82, 2.24) is 0 Å². The summed E-state index contributed by atoms with van der Waals surface area (Å²) >= 11 is 1.86. The van der Waals surface area contributed by atoms with Gasteiger partial charge in [0.25, 0.3) is 0 Å². The van der Waals surface area contributed by atoms with Crippen molar-refractivity contribution < 1.29 is 0 Å². The van der Waals surface area contributed by atoms with Crippen molar-refractivity contribution in [3.8, 4) is 44.5 Å². The van der Waals surface area contributed by atoms with E-state index in [0.717, 1.165) is 17.1 Å². The molecule has 9 aromatic carbocycles. The number of hydrogen-bond acceptors (Lipinski definition) is 2. The van der Waals surface area contributed by atoms with Crippen molar-refractivity contribution in [2.45, 2.75) is 0 Å². The molecule has 1 heterocycles.